The highest BCUT2D eigenvalue weighted by molar-refractivity contribution is 5.76. The third-order valence-corrected chi connectivity index (χ3v) is 2.86. The van der Waals surface area contributed by atoms with Crippen LogP contribution in [0.3, 0.4) is 0 Å². The zero-order valence-corrected chi connectivity index (χ0v) is 8.56. The Kier molecular flexibility index (Phi) is 3.02. The van der Waals surface area contributed by atoms with Gasteiger partial charge in [0.15, 0.2) is 0 Å². The molecular weight excluding hydrogens is 190 g/mol. The lowest BCUT2D eigenvalue weighted by Gasteiger charge is -2.27. The van der Waals surface area contributed by atoms with Crippen LogP contribution in [0.2, 0.25) is 0 Å². The number of amides is 1. The van der Waals surface area contributed by atoms with Crippen LogP contribution in [0.1, 0.15) is 24.5 Å². The van der Waals surface area contributed by atoms with Crippen LogP contribution >= 0.6 is 0 Å². The van der Waals surface area contributed by atoms with Crippen molar-refractivity contribution in [2.24, 2.45) is 11.7 Å². The molecule has 3 heteroatoms. The van der Waals surface area contributed by atoms with Crippen LogP contribution in [0.15, 0.2) is 30.3 Å². The van der Waals surface area contributed by atoms with Gasteiger partial charge < -0.3 is 10.5 Å². The van der Waals surface area contributed by atoms with E-state index in [9.17, 15) is 4.79 Å². The molecule has 3 nitrogen and oxygen atoms in total. The van der Waals surface area contributed by atoms with Crippen LogP contribution in [0.25, 0.3) is 0 Å². The molecule has 1 saturated heterocycles. The van der Waals surface area contributed by atoms with Crippen LogP contribution in [-0.4, -0.2) is 12.5 Å². The fourth-order valence-corrected chi connectivity index (χ4v) is 1.96. The minimum Gasteiger partial charge on any atom is -0.373 e. The monoisotopic (exact) mass is 205 g/mol. The molecule has 2 atom stereocenters. The van der Waals surface area contributed by atoms with E-state index in [2.05, 4.69) is 0 Å². The van der Waals surface area contributed by atoms with Gasteiger partial charge in [0.2, 0.25) is 5.91 Å². The second-order valence-electron chi connectivity index (χ2n) is 3.89. The molecule has 1 aliphatic rings. The number of primary amides is 1. The molecule has 2 unspecified atom stereocenters. The number of nitrogens with two attached hydrogens (primary N) is 1. The Morgan fingerprint density at radius 1 is 1.33 bits per heavy atom. The van der Waals surface area contributed by atoms with E-state index in [-0.39, 0.29) is 17.9 Å². The maximum absolute atomic E-state index is 11.1. The fraction of sp³-hybridized carbons (Fsp3) is 0.417. The highest BCUT2D eigenvalue weighted by Gasteiger charge is 2.26. The number of benzene rings is 1. The first-order valence-electron chi connectivity index (χ1n) is 5.23. The second kappa shape index (κ2) is 4.45. The van der Waals surface area contributed by atoms with E-state index in [4.69, 9.17) is 10.5 Å². The van der Waals surface area contributed by atoms with Crippen LogP contribution in [0.4, 0.5) is 0 Å². The molecule has 0 radical (unpaired) electrons. The highest BCUT2D eigenvalue weighted by Crippen LogP contribution is 2.31. The van der Waals surface area contributed by atoms with Gasteiger partial charge in [-0.2, -0.15) is 0 Å². The predicted molar refractivity (Wildman–Crippen MR) is 57.1 cm³/mol. The van der Waals surface area contributed by atoms with Gasteiger partial charge in [-0.1, -0.05) is 30.3 Å². The number of rotatable bonds is 2. The molecule has 2 N–H and O–H groups in total. The second-order valence-corrected chi connectivity index (χ2v) is 3.89. The third-order valence-electron chi connectivity index (χ3n) is 2.86. The minimum atomic E-state index is -0.209. The summed E-state index contributed by atoms with van der Waals surface area (Å²) in [5.74, 6) is -0.247. The first-order chi connectivity index (χ1) is 7.27. The van der Waals surface area contributed by atoms with Crippen molar-refractivity contribution in [3.63, 3.8) is 0 Å². The van der Waals surface area contributed by atoms with E-state index < -0.39 is 0 Å². The Balaban J connectivity index is 2.08. The maximum Gasteiger partial charge on any atom is 0.220 e. The molecular formula is C12H15NO2. The summed E-state index contributed by atoms with van der Waals surface area (Å²) in [5.41, 5.74) is 6.44. The van der Waals surface area contributed by atoms with Crippen LogP contribution in [0, 0.1) is 5.92 Å². The third kappa shape index (κ3) is 2.36. The van der Waals surface area contributed by atoms with Gasteiger partial charge in [0, 0.05) is 12.5 Å². The molecule has 0 saturated carbocycles. The fourth-order valence-electron chi connectivity index (χ4n) is 1.96. The normalized spacial score (nSPS) is 26.1. The number of carbonyl (C=O) groups excluding carboxylic acids is 1. The molecule has 2 rings (SSSR count). The average molecular weight is 205 g/mol. The van der Waals surface area contributed by atoms with E-state index in [1.165, 1.54) is 0 Å². The van der Waals surface area contributed by atoms with E-state index >= 15 is 0 Å². The van der Waals surface area contributed by atoms with Gasteiger partial charge in [-0.15, -0.1) is 0 Å². The van der Waals surface area contributed by atoms with E-state index in [1.54, 1.807) is 0 Å². The summed E-state index contributed by atoms with van der Waals surface area (Å²) in [6, 6.07) is 9.97. The zero-order chi connectivity index (χ0) is 10.7. The molecule has 0 aromatic heterocycles. The average Bonchev–Trinajstić information content (AvgIpc) is 2.30. The summed E-state index contributed by atoms with van der Waals surface area (Å²) in [6.07, 6.45) is 1.48. The zero-order valence-electron chi connectivity index (χ0n) is 8.56. The lowest BCUT2D eigenvalue weighted by molar-refractivity contribution is -0.126. The van der Waals surface area contributed by atoms with Crippen LogP contribution < -0.4 is 5.73 Å². The minimum absolute atomic E-state index is 0.0254. The van der Waals surface area contributed by atoms with Crippen molar-refractivity contribution >= 4 is 5.91 Å². The molecule has 0 bridgehead atoms. The molecule has 15 heavy (non-hydrogen) atoms. The Labute approximate surface area is 89.2 Å². The number of ether oxygens (including phenoxy) is 1. The first kappa shape index (κ1) is 10.2. The molecule has 1 heterocycles. The van der Waals surface area contributed by atoms with E-state index in [0.29, 0.717) is 13.0 Å². The van der Waals surface area contributed by atoms with Crippen molar-refractivity contribution in [1.29, 1.82) is 0 Å². The van der Waals surface area contributed by atoms with Gasteiger partial charge in [0.05, 0.1) is 6.10 Å². The molecule has 80 valence electrons. The molecule has 0 aliphatic carbocycles. The Morgan fingerprint density at radius 3 is 2.73 bits per heavy atom. The summed E-state index contributed by atoms with van der Waals surface area (Å²) >= 11 is 0. The summed E-state index contributed by atoms with van der Waals surface area (Å²) in [6.45, 7) is 0.618. The molecule has 1 amide bonds. The Bertz CT molecular complexity index is 337. The molecule has 1 fully saturated rings. The van der Waals surface area contributed by atoms with Gasteiger partial charge in [0.1, 0.15) is 0 Å². The van der Waals surface area contributed by atoms with Gasteiger partial charge in [-0.3, -0.25) is 4.79 Å². The molecule has 1 aromatic carbocycles. The Morgan fingerprint density at radius 2 is 2.07 bits per heavy atom. The smallest absolute Gasteiger partial charge is 0.220 e. The van der Waals surface area contributed by atoms with Gasteiger partial charge >= 0.3 is 0 Å². The van der Waals surface area contributed by atoms with E-state index in [0.717, 1.165) is 12.0 Å². The largest absolute Gasteiger partial charge is 0.373 e. The summed E-state index contributed by atoms with van der Waals surface area (Å²) in [5, 5.41) is 0. The molecule has 1 aliphatic heterocycles. The first-order valence-corrected chi connectivity index (χ1v) is 5.23. The van der Waals surface area contributed by atoms with Crippen molar-refractivity contribution in [1.82, 2.24) is 0 Å². The number of carbonyl (C=O) groups is 1. The topological polar surface area (TPSA) is 52.3 Å². The van der Waals surface area contributed by atoms with E-state index in [1.807, 2.05) is 30.3 Å². The summed E-state index contributed by atoms with van der Waals surface area (Å²) < 4.78 is 5.64. The van der Waals surface area contributed by atoms with Crippen molar-refractivity contribution < 1.29 is 9.53 Å². The van der Waals surface area contributed by atoms with Crippen LogP contribution in [0.5, 0.6) is 0 Å². The van der Waals surface area contributed by atoms with Gasteiger partial charge in [0.25, 0.3) is 0 Å². The van der Waals surface area contributed by atoms with Gasteiger partial charge in [-0.25, -0.2) is 0 Å². The quantitative estimate of drug-likeness (QED) is 0.798. The lowest BCUT2D eigenvalue weighted by Crippen LogP contribution is -2.30. The standard InChI is InChI=1S/C12H15NO2/c13-12(14)10-6-7-15-11(8-10)9-4-2-1-3-5-9/h1-5,10-11H,6-8H2,(H2,13,14). The Hall–Kier alpha value is -1.35. The SMILES string of the molecule is NC(=O)C1CCOC(c2ccccc2)C1. The van der Waals surface area contributed by atoms with Crippen molar-refractivity contribution in [2.75, 3.05) is 6.61 Å². The van der Waals surface area contributed by atoms with Crippen molar-refractivity contribution in [2.45, 2.75) is 18.9 Å². The van der Waals surface area contributed by atoms with Crippen molar-refractivity contribution in [3.05, 3.63) is 35.9 Å². The summed E-state index contributed by atoms with van der Waals surface area (Å²) in [4.78, 5) is 11.1. The van der Waals surface area contributed by atoms with Crippen LogP contribution in [-0.2, 0) is 9.53 Å². The molecule has 1 aromatic rings. The van der Waals surface area contributed by atoms with Gasteiger partial charge in [-0.05, 0) is 18.4 Å². The molecule has 0 spiro atoms. The highest BCUT2D eigenvalue weighted by atomic mass is 16.5. The number of hydrogen-bond acceptors (Lipinski definition) is 2. The number of hydrogen-bond donors (Lipinski definition) is 1. The van der Waals surface area contributed by atoms with Crippen molar-refractivity contribution in [3.8, 4) is 0 Å². The lowest BCUT2D eigenvalue weighted by atomic mass is 9.91. The summed E-state index contributed by atoms with van der Waals surface area (Å²) in [7, 11) is 0. The maximum atomic E-state index is 11.1. The predicted octanol–water partition coefficient (Wildman–Crippen LogP) is 1.64.